The molecule has 0 spiro atoms. The van der Waals surface area contributed by atoms with E-state index in [9.17, 15) is 4.39 Å². The van der Waals surface area contributed by atoms with Gasteiger partial charge in [0.2, 0.25) is 0 Å². The molecule has 5 heteroatoms. The second kappa shape index (κ2) is 3.75. The third-order valence-electron chi connectivity index (χ3n) is 2.61. The molecule has 1 aromatic heterocycles. The quantitative estimate of drug-likeness (QED) is 0.840. The molecule has 0 saturated carbocycles. The minimum absolute atomic E-state index is 0.0953. The van der Waals surface area contributed by atoms with Crippen LogP contribution in [0.3, 0.4) is 0 Å². The van der Waals surface area contributed by atoms with Crippen molar-refractivity contribution in [2.24, 2.45) is 0 Å². The number of halogens is 1. The molecule has 1 atom stereocenters. The fourth-order valence-corrected chi connectivity index (χ4v) is 1.80. The van der Waals surface area contributed by atoms with E-state index in [4.69, 9.17) is 9.15 Å². The number of hydrogen-bond donors (Lipinski definition) is 1. The Hall–Kier alpha value is -1.62. The summed E-state index contributed by atoms with van der Waals surface area (Å²) in [5.74, 6) is -0.335. The molecular formula is C11H11FN2O2. The van der Waals surface area contributed by atoms with Crippen LogP contribution in [0.2, 0.25) is 0 Å². The first-order chi connectivity index (χ1) is 7.81. The van der Waals surface area contributed by atoms with Gasteiger partial charge in [-0.3, -0.25) is 0 Å². The summed E-state index contributed by atoms with van der Waals surface area (Å²) in [6.45, 7) is 1.74. The van der Waals surface area contributed by atoms with E-state index in [1.807, 2.05) is 0 Å². The van der Waals surface area contributed by atoms with Gasteiger partial charge < -0.3 is 14.5 Å². The monoisotopic (exact) mass is 222 g/mol. The SMILES string of the molecule is Fc1ccc2nc(OC3CCNC3)oc2c1. The van der Waals surface area contributed by atoms with Gasteiger partial charge in [0, 0.05) is 12.6 Å². The third kappa shape index (κ3) is 1.74. The Bertz CT molecular complexity index is 506. The molecule has 0 radical (unpaired) electrons. The topological polar surface area (TPSA) is 47.3 Å². The molecular weight excluding hydrogens is 211 g/mol. The first kappa shape index (κ1) is 9.59. The number of ether oxygens (including phenoxy) is 1. The zero-order valence-electron chi connectivity index (χ0n) is 8.57. The Morgan fingerprint density at radius 1 is 1.50 bits per heavy atom. The van der Waals surface area contributed by atoms with Gasteiger partial charge in [0.15, 0.2) is 5.58 Å². The number of nitrogens with one attached hydrogen (secondary N) is 1. The molecule has 0 bridgehead atoms. The van der Waals surface area contributed by atoms with Crippen LogP contribution in [0.15, 0.2) is 22.6 Å². The smallest absolute Gasteiger partial charge is 0.394 e. The second-order valence-electron chi connectivity index (χ2n) is 3.82. The highest BCUT2D eigenvalue weighted by Crippen LogP contribution is 2.22. The molecule has 0 aliphatic carbocycles. The average molecular weight is 222 g/mol. The summed E-state index contributed by atoms with van der Waals surface area (Å²) in [5.41, 5.74) is 1.03. The maximum atomic E-state index is 12.9. The zero-order chi connectivity index (χ0) is 11.0. The fraction of sp³-hybridized carbons (Fsp3) is 0.364. The van der Waals surface area contributed by atoms with Crippen LogP contribution in [0.4, 0.5) is 4.39 Å². The highest BCUT2D eigenvalue weighted by molar-refractivity contribution is 5.72. The van der Waals surface area contributed by atoms with E-state index in [2.05, 4.69) is 10.3 Å². The number of benzene rings is 1. The Balaban J connectivity index is 1.86. The summed E-state index contributed by atoms with van der Waals surface area (Å²) in [4.78, 5) is 4.13. The van der Waals surface area contributed by atoms with E-state index in [1.54, 1.807) is 6.07 Å². The minimum atomic E-state index is -0.335. The number of oxazole rings is 1. The van der Waals surface area contributed by atoms with E-state index >= 15 is 0 Å². The maximum absolute atomic E-state index is 12.9. The van der Waals surface area contributed by atoms with E-state index in [0.29, 0.717) is 11.1 Å². The molecule has 1 aliphatic rings. The summed E-state index contributed by atoms with van der Waals surface area (Å²) < 4.78 is 23.8. The number of hydrogen-bond acceptors (Lipinski definition) is 4. The highest BCUT2D eigenvalue weighted by Gasteiger charge is 2.18. The Kier molecular flexibility index (Phi) is 2.25. The first-order valence-corrected chi connectivity index (χ1v) is 5.25. The van der Waals surface area contributed by atoms with Crippen LogP contribution >= 0.6 is 0 Å². The van der Waals surface area contributed by atoms with Crippen molar-refractivity contribution >= 4 is 11.1 Å². The van der Waals surface area contributed by atoms with Gasteiger partial charge in [0.25, 0.3) is 0 Å². The van der Waals surface area contributed by atoms with Crippen LogP contribution in [-0.2, 0) is 0 Å². The lowest BCUT2D eigenvalue weighted by molar-refractivity contribution is 0.166. The first-order valence-electron chi connectivity index (χ1n) is 5.25. The molecule has 84 valence electrons. The summed E-state index contributed by atoms with van der Waals surface area (Å²) in [6.07, 6.45) is 1.25. The lowest BCUT2D eigenvalue weighted by Gasteiger charge is -2.06. The van der Waals surface area contributed by atoms with Gasteiger partial charge in [-0.25, -0.2) is 4.39 Å². The van der Waals surface area contributed by atoms with E-state index in [0.717, 1.165) is 19.5 Å². The fourth-order valence-electron chi connectivity index (χ4n) is 1.80. The standard InChI is InChI=1S/C11H11FN2O2/c12-7-1-2-9-10(5-7)16-11(14-9)15-8-3-4-13-6-8/h1-2,5,8,13H,3-4,6H2. The molecule has 16 heavy (non-hydrogen) atoms. The Morgan fingerprint density at radius 2 is 2.44 bits per heavy atom. The van der Waals surface area contributed by atoms with E-state index in [-0.39, 0.29) is 18.0 Å². The zero-order valence-corrected chi connectivity index (χ0v) is 8.57. The molecule has 4 nitrogen and oxygen atoms in total. The molecule has 1 aliphatic heterocycles. The summed E-state index contributed by atoms with van der Waals surface area (Å²) in [7, 11) is 0. The Morgan fingerprint density at radius 3 is 3.25 bits per heavy atom. The predicted molar refractivity (Wildman–Crippen MR) is 55.9 cm³/mol. The van der Waals surface area contributed by atoms with Crippen LogP contribution in [0.5, 0.6) is 6.08 Å². The molecule has 1 fully saturated rings. The van der Waals surface area contributed by atoms with Crippen LogP contribution in [0.1, 0.15) is 6.42 Å². The molecule has 1 aromatic carbocycles. The van der Waals surface area contributed by atoms with Crippen molar-refractivity contribution in [2.75, 3.05) is 13.1 Å². The van der Waals surface area contributed by atoms with Crippen molar-refractivity contribution in [2.45, 2.75) is 12.5 Å². The van der Waals surface area contributed by atoms with Crippen molar-refractivity contribution in [3.8, 4) is 6.08 Å². The van der Waals surface area contributed by atoms with Crippen molar-refractivity contribution in [1.29, 1.82) is 0 Å². The number of rotatable bonds is 2. The van der Waals surface area contributed by atoms with Crippen LogP contribution in [-0.4, -0.2) is 24.2 Å². The normalized spacial score (nSPS) is 20.4. The van der Waals surface area contributed by atoms with Crippen molar-refractivity contribution in [3.05, 3.63) is 24.0 Å². The molecule has 1 saturated heterocycles. The Labute approximate surface area is 91.4 Å². The van der Waals surface area contributed by atoms with Crippen molar-refractivity contribution < 1.29 is 13.5 Å². The van der Waals surface area contributed by atoms with Gasteiger partial charge in [0.05, 0.1) is 0 Å². The molecule has 1 unspecified atom stereocenters. The molecule has 3 rings (SSSR count). The molecule has 2 heterocycles. The predicted octanol–water partition coefficient (Wildman–Crippen LogP) is 1.71. The lowest BCUT2D eigenvalue weighted by Crippen LogP contribution is -2.19. The van der Waals surface area contributed by atoms with Gasteiger partial charge in [-0.05, 0) is 25.1 Å². The van der Waals surface area contributed by atoms with Gasteiger partial charge >= 0.3 is 6.08 Å². The average Bonchev–Trinajstić information content (AvgIpc) is 2.86. The van der Waals surface area contributed by atoms with Crippen LogP contribution in [0.25, 0.3) is 11.1 Å². The molecule has 0 amide bonds. The third-order valence-corrected chi connectivity index (χ3v) is 2.61. The largest absolute Gasteiger partial charge is 0.445 e. The summed E-state index contributed by atoms with van der Waals surface area (Å²) in [5, 5.41) is 3.18. The van der Waals surface area contributed by atoms with Crippen molar-refractivity contribution in [1.82, 2.24) is 10.3 Å². The van der Waals surface area contributed by atoms with Crippen LogP contribution < -0.4 is 10.1 Å². The van der Waals surface area contributed by atoms with Gasteiger partial charge in [-0.2, -0.15) is 4.98 Å². The molecule has 1 N–H and O–H groups in total. The molecule has 2 aromatic rings. The van der Waals surface area contributed by atoms with Crippen LogP contribution in [0, 0.1) is 5.82 Å². The van der Waals surface area contributed by atoms with Gasteiger partial charge in [-0.15, -0.1) is 0 Å². The second-order valence-corrected chi connectivity index (χ2v) is 3.82. The van der Waals surface area contributed by atoms with Gasteiger partial charge in [-0.1, -0.05) is 0 Å². The minimum Gasteiger partial charge on any atom is -0.445 e. The lowest BCUT2D eigenvalue weighted by atomic mass is 10.3. The van der Waals surface area contributed by atoms with E-state index < -0.39 is 0 Å². The number of aromatic nitrogens is 1. The summed E-state index contributed by atoms with van der Waals surface area (Å²) >= 11 is 0. The highest BCUT2D eigenvalue weighted by atomic mass is 19.1. The van der Waals surface area contributed by atoms with Gasteiger partial charge in [0.1, 0.15) is 17.4 Å². The van der Waals surface area contributed by atoms with E-state index in [1.165, 1.54) is 12.1 Å². The van der Waals surface area contributed by atoms with Crippen molar-refractivity contribution in [3.63, 3.8) is 0 Å². The number of nitrogens with zero attached hydrogens (tertiary/aromatic N) is 1. The number of fused-ring (bicyclic) bond motifs is 1. The summed E-state index contributed by atoms with van der Waals surface area (Å²) in [6, 6.07) is 4.24. The maximum Gasteiger partial charge on any atom is 0.394 e.